The summed E-state index contributed by atoms with van der Waals surface area (Å²) in [5.41, 5.74) is 0.885. The second kappa shape index (κ2) is 7.51. The van der Waals surface area contributed by atoms with Crippen LogP contribution < -0.4 is 0 Å². The fourth-order valence-corrected chi connectivity index (χ4v) is 1.94. The number of allylic oxidation sites excluding steroid dienone is 2. The van der Waals surface area contributed by atoms with Crippen molar-refractivity contribution in [3.63, 3.8) is 0 Å². The topological polar surface area (TPSA) is 76.0 Å². The average Bonchev–Trinajstić information content (AvgIpc) is 2.42. The monoisotopic (exact) mass is 265 g/mol. The first-order valence-electron chi connectivity index (χ1n) is 6.26. The third kappa shape index (κ3) is 4.35. The lowest BCUT2D eigenvalue weighted by Crippen LogP contribution is -2.22. The van der Waals surface area contributed by atoms with E-state index < -0.39 is 5.97 Å². The van der Waals surface area contributed by atoms with Gasteiger partial charge in [-0.25, -0.2) is 0 Å². The van der Waals surface area contributed by atoms with Gasteiger partial charge in [0.25, 0.3) is 0 Å². The van der Waals surface area contributed by atoms with Crippen LogP contribution in [0.2, 0.25) is 0 Å². The Morgan fingerprint density at radius 2 is 2.21 bits per heavy atom. The lowest BCUT2D eigenvalue weighted by atomic mass is 9.89. The van der Waals surface area contributed by atoms with Crippen LogP contribution in [0.15, 0.2) is 29.0 Å². The Morgan fingerprint density at radius 1 is 1.47 bits per heavy atom. The van der Waals surface area contributed by atoms with Gasteiger partial charge in [-0.3, -0.25) is 14.6 Å². The Balaban J connectivity index is 2.90. The summed E-state index contributed by atoms with van der Waals surface area (Å²) in [5, 5.41) is 10.0. The van der Waals surface area contributed by atoms with Crippen LogP contribution in [0.3, 0.4) is 0 Å². The van der Waals surface area contributed by atoms with Gasteiger partial charge >= 0.3 is 5.97 Å². The minimum atomic E-state index is -0.417. The standard InChI is InChI=1S/C14H19NO4/c1-3-9-15-10-5-4-6-11(16)14(10)12(17)7-8-13(18)19-2/h3,17H,1,4-9H2,2H3/b14-12+,15-10?. The van der Waals surface area contributed by atoms with Gasteiger partial charge in [-0.05, 0) is 12.8 Å². The summed E-state index contributed by atoms with van der Waals surface area (Å²) in [7, 11) is 1.29. The van der Waals surface area contributed by atoms with Crippen LogP contribution >= 0.6 is 0 Å². The highest BCUT2D eigenvalue weighted by Gasteiger charge is 2.25. The molecule has 1 aliphatic carbocycles. The molecule has 0 bridgehead atoms. The van der Waals surface area contributed by atoms with Gasteiger partial charge < -0.3 is 9.84 Å². The molecular weight excluding hydrogens is 246 g/mol. The number of ether oxygens (including phenoxy) is 1. The van der Waals surface area contributed by atoms with E-state index in [9.17, 15) is 14.7 Å². The molecule has 0 atom stereocenters. The highest BCUT2D eigenvalue weighted by molar-refractivity contribution is 6.24. The highest BCUT2D eigenvalue weighted by Crippen LogP contribution is 2.22. The second-order valence-electron chi connectivity index (χ2n) is 4.25. The third-order valence-corrected chi connectivity index (χ3v) is 2.88. The van der Waals surface area contributed by atoms with Gasteiger partial charge in [-0.2, -0.15) is 0 Å². The lowest BCUT2D eigenvalue weighted by Gasteiger charge is -2.17. The molecule has 0 aromatic carbocycles. The molecule has 1 saturated carbocycles. The maximum absolute atomic E-state index is 11.9. The van der Waals surface area contributed by atoms with E-state index in [1.807, 2.05) is 0 Å². The van der Waals surface area contributed by atoms with Crippen molar-refractivity contribution in [1.29, 1.82) is 0 Å². The summed E-state index contributed by atoms with van der Waals surface area (Å²) in [4.78, 5) is 27.2. The van der Waals surface area contributed by atoms with E-state index in [0.717, 1.165) is 6.42 Å². The number of carbonyl (C=O) groups excluding carboxylic acids is 2. The van der Waals surface area contributed by atoms with Crippen molar-refractivity contribution in [3.05, 3.63) is 24.0 Å². The zero-order valence-electron chi connectivity index (χ0n) is 11.1. The van der Waals surface area contributed by atoms with Gasteiger partial charge in [-0.1, -0.05) is 6.08 Å². The number of ketones is 1. The Bertz CT molecular complexity index is 435. The number of esters is 1. The smallest absolute Gasteiger partial charge is 0.305 e. The first-order valence-corrected chi connectivity index (χ1v) is 6.26. The summed E-state index contributed by atoms with van der Waals surface area (Å²) in [6.45, 7) is 3.99. The number of aliphatic imine (C=N–C) groups is 1. The van der Waals surface area contributed by atoms with Crippen molar-refractivity contribution in [2.75, 3.05) is 13.7 Å². The van der Waals surface area contributed by atoms with E-state index in [1.54, 1.807) is 6.08 Å². The number of carbonyl (C=O) groups is 2. The fourth-order valence-electron chi connectivity index (χ4n) is 1.94. The summed E-state index contributed by atoms with van der Waals surface area (Å²) in [6, 6.07) is 0. The minimum Gasteiger partial charge on any atom is -0.511 e. The first-order chi connectivity index (χ1) is 9.10. The first kappa shape index (κ1) is 15.1. The Labute approximate surface area is 112 Å². The van der Waals surface area contributed by atoms with Crippen LogP contribution in [0.4, 0.5) is 0 Å². The highest BCUT2D eigenvalue weighted by atomic mass is 16.5. The molecule has 1 fully saturated rings. The molecule has 1 aliphatic rings. The molecule has 0 aromatic heterocycles. The summed E-state index contributed by atoms with van der Waals surface area (Å²) >= 11 is 0. The van der Waals surface area contributed by atoms with Crippen LogP contribution in [-0.4, -0.2) is 36.2 Å². The zero-order chi connectivity index (χ0) is 14.3. The Morgan fingerprint density at radius 3 is 2.84 bits per heavy atom. The molecule has 0 aromatic rings. The van der Waals surface area contributed by atoms with Crippen LogP contribution in [-0.2, 0) is 14.3 Å². The zero-order valence-corrected chi connectivity index (χ0v) is 11.1. The Kier molecular flexibility index (Phi) is 5.99. The number of aliphatic hydroxyl groups is 1. The van der Waals surface area contributed by atoms with Crippen LogP contribution in [0.25, 0.3) is 0 Å². The molecular formula is C14H19NO4. The summed E-state index contributed by atoms with van der Waals surface area (Å²) in [6.07, 6.45) is 3.59. The predicted molar refractivity (Wildman–Crippen MR) is 72.3 cm³/mol. The number of hydrogen-bond donors (Lipinski definition) is 1. The fraction of sp³-hybridized carbons (Fsp3) is 0.500. The molecule has 1 rings (SSSR count). The van der Waals surface area contributed by atoms with Crippen molar-refractivity contribution in [1.82, 2.24) is 0 Å². The van der Waals surface area contributed by atoms with E-state index >= 15 is 0 Å². The summed E-state index contributed by atoms with van der Waals surface area (Å²) < 4.78 is 4.51. The largest absolute Gasteiger partial charge is 0.511 e. The van der Waals surface area contributed by atoms with Crippen LogP contribution in [0.5, 0.6) is 0 Å². The van der Waals surface area contributed by atoms with Gasteiger partial charge in [0.05, 0.1) is 25.6 Å². The van der Waals surface area contributed by atoms with Crippen molar-refractivity contribution in [2.24, 2.45) is 4.99 Å². The minimum absolute atomic E-state index is 0.0495. The molecule has 0 aliphatic heterocycles. The lowest BCUT2D eigenvalue weighted by molar-refractivity contribution is -0.140. The van der Waals surface area contributed by atoms with E-state index in [0.29, 0.717) is 25.1 Å². The quantitative estimate of drug-likeness (QED) is 0.357. The molecule has 0 heterocycles. The normalized spacial score (nSPS) is 20.3. The van der Waals surface area contributed by atoms with E-state index in [2.05, 4.69) is 16.3 Å². The SMILES string of the molecule is C=CCN=C1CCCC(=O)/C1=C(/O)CCC(=O)OC. The molecule has 0 amide bonds. The van der Waals surface area contributed by atoms with Crippen molar-refractivity contribution in [3.8, 4) is 0 Å². The number of nitrogens with zero attached hydrogens (tertiary/aromatic N) is 1. The molecule has 0 unspecified atom stereocenters. The number of methoxy groups -OCH3 is 1. The van der Waals surface area contributed by atoms with Crippen molar-refractivity contribution < 1.29 is 19.4 Å². The molecule has 0 spiro atoms. The molecule has 1 N–H and O–H groups in total. The van der Waals surface area contributed by atoms with E-state index in [4.69, 9.17) is 0 Å². The second-order valence-corrected chi connectivity index (χ2v) is 4.25. The number of hydrogen-bond acceptors (Lipinski definition) is 5. The van der Waals surface area contributed by atoms with Gasteiger partial charge in [0.15, 0.2) is 5.78 Å². The molecule has 5 nitrogen and oxygen atoms in total. The maximum Gasteiger partial charge on any atom is 0.305 e. The van der Waals surface area contributed by atoms with Crippen molar-refractivity contribution >= 4 is 17.5 Å². The summed E-state index contributed by atoms with van der Waals surface area (Å²) in [5.74, 6) is -0.602. The number of Topliss-reactive ketones (excluding diaryl/α,β-unsaturated/α-hetero) is 1. The predicted octanol–water partition coefficient (Wildman–Crippen LogP) is 2.13. The maximum atomic E-state index is 11.9. The average molecular weight is 265 g/mol. The van der Waals surface area contributed by atoms with Gasteiger partial charge in [0.2, 0.25) is 0 Å². The van der Waals surface area contributed by atoms with Crippen LogP contribution in [0.1, 0.15) is 32.1 Å². The molecule has 19 heavy (non-hydrogen) atoms. The van der Waals surface area contributed by atoms with Gasteiger partial charge in [0.1, 0.15) is 5.76 Å². The number of aliphatic hydroxyl groups excluding tert-OH is 1. The Hall–Kier alpha value is -1.91. The third-order valence-electron chi connectivity index (χ3n) is 2.88. The molecule has 5 heteroatoms. The van der Waals surface area contributed by atoms with Gasteiger partial charge in [0, 0.05) is 18.6 Å². The van der Waals surface area contributed by atoms with Crippen molar-refractivity contribution in [2.45, 2.75) is 32.1 Å². The van der Waals surface area contributed by atoms with Crippen LogP contribution in [0, 0.1) is 0 Å². The molecule has 0 radical (unpaired) electrons. The molecule has 0 saturated heterocycles. The van der Waals surface area contributed by atoms with Gasteiger partial charge in [-0.15, -0.1) is 6.58 Å². The van der Waals surface area contributed by atoms with E-state index in [-0.39, 0.29) is 30.0 Å². The van der Waals surface area contributed by atoms with E-state index in [1.165, 1.54) is 7.11 Å². The number of rotatable bonds is 5. The molecule has 104 valence electrons.